The van der Waals surface area contributed by atoms with Crippen LogP contribution in [0.15, 0.2) is 27.1 Å². The van der Waals surface area contributed by atoms with E-state index in [1.54, 1.807) is 6.07 Å². The van der Waals surface area contributed by atoms with Gasteiger partial charge in [0.2, 0.25) is 0 Å². The van der Waals surface area contributed by atoms with Crippen molar-refractivity contribution in [1.82, 2.24) is 5.73 Å². The molecule has 9 heavy (non-hydrogen) atoms. The van der Waals surface area contributed by atoms with E-state index in [1.807, 2.05) is 12.1 Å². The molecule has 1 nitrogen and oxygen atoms in total. The second-order valence-electron chi connectivity index (χ2n) is 1.60. The van der Waals surface area contributed by atoms with Crippen molar-refractivity contribution in [2.75, 3.05) is 0 Å². The fraction of sp³-hybridized carbons (Fsp3) is 0. The van der Waals surface area contributed by atoms with Gasteiger partial charge < -0.3 is 0 Å². The first-order chi connectivity index (χ1) is 4.22. The van der Waals surface area contributed by atoms with Gasteiger partial charge in [-0.3, -0.25) is 5.73 Å². The van der Waals surface area contributed by atoms with Crippen LogP contribution in [0.3, 0.4) is 0 Å². The van der Waals surface area contributed by atoms with Crippen LogP contribution in [0.5, 0.6) is 0 Å². The van der Waals surface area contributed by atoms with E-state index in [2.05, 4.69) is 31.9 Å². The Bertz CT molecular complexity index is 202. The standard InChI is InChI=1S/C6H4Br2N/c7-4-2-1-3-5(9)6(4)8/h1-3,9H. The van der Waals surface area contributed by atoms with Gasteiger partial charge in [-0.2, -0.15) is 0 Å². The van der Waals surface area contributed by atoms with Gasteiger partial charge in [0.15, 0.2) is 0 Å². The highest BCUT2D eigenvalue weighted by Gasteiger charge is 1.97. The molecular formula is C6H4Br2N. The largest absolute Gasteiger partial charge is 0.300 e. The number of hydrogen-bond acceptors (Lipinski definition) is 0. The van der Waals surface area contributed by atoms with Crippen LogP contribution >= 0.6 is 31.9 Å². The smallest absolute Gasteiger partial charge is 0.0693 e. The summed E-state index contributed by atoms with van der Waals surface area (Å²) < 4.78 is 1.74. The normalized spacial score (nSPS) is 9.56. The molecular weight excluding hydrogens is 246 g/mol. The Kier molecular flexibility index (Phi) is 2.13. The lowest BCUT2D eigenvalue weighted by Gasteiger charge is -1.96. The molecule has 0 aliphatic rings. The second kappa shape index (κ2) is 2.71. The number of benzene rings is 1. The minimum Gasteiger partial charge on any atom is -0.300 e. The van der Waals surface area contributed by atoms with Gasteiger partial charge in [-0.15, -0.1) is 0 Å². The molecule has 0 amide bonds. The molecule has 0 saturated heterocycles. The highest BCUT2D eigenvalue weighted by atomic mass is 79.9. The van der Waals surface area contributed by atoms with E-state index in [1.165, 1.54) is 0 Å². The first kappa shape index (κ1) is 7.09. The molecule has 0 saturated carbocycles. The summed E-state index contributed by atoms with van der Waals surface area (Å²) in [6.07, 6.45) is 0. The van der Waals surface area contributed by atoms with E-state index in [9.17, 15) is 0 Å². The Morgan fingerprint density at radius 3 is 2.33 bits per heavy atom. The molecule has 0 aliphatic carbocycles. The zero-order chi connectivity index (χ0) is 6.85. The second-order valence-corrected chi connectivity index (χ2v) is 3.25. The van der Waals surface area contributed by atoms with Crippen LogP contribution in [0.1, 0.15) is 0 Å². The third kappa shape index (κ3) is 1.46. The molecule has 47 valence electrons. The van der Waals surface area contributed by atoms with Crippen LogP contribution in [-0.2, 0) is 0 Å². The van der Waals surface area contributed by atoms with Gasteiger partial charge in [0, 0.05) is 4.47 Å². The molecule has 1 aromatic rings. The lowest BCUT2D eigenvalue weighted by molar-refractivity contribution is 1.43. The number of hydrogen-bond donors (Lipinski definition) is 0. The fourth-order valence-corrected chi connectivity index (χ4v) is 1.13. The van der Waals surface area contributed by atoms with Crippen molar-refractivity contribution in [3.63, 3.8) is 0 Å². The summed E-state index contributed by atoms with van der Waals surface area (Å²) in [5, 5.41) is 0. The van der Waals surface area contributed by atoms with E-state index >= 15 is 0 Å². The molecule has 1 rings (SSSR count). The highest BCUT2D eigenvalue weighted by molar-refractivity contribution is 9.13. The van der Waals surface area contributed by atoms with Gasteiger partial charge in [0.25, 0.3) is 0 Å². The summed E-state index contributed by atoms with van der Waals surface area (Å²) in [4.78, 5) is 0. The minimum atomic E-state index is 0.504. The average molecular weight is 250 g/mol. The first-order valence-electron chi connectivity index (χ1n) is 2.37. The van der Waals surface area contributed by atoms with Crippen LogP contribution in [-0.4, -0.2) is 0 Å². The predicted octanol–water partition coefficient (Wildman–Crippen LogP) is 3.13. The third-order valence-electron chi connectivity index (χ3n) is 0.952. The molecule has 0 heterocycles. The van der Waals surface area contributed by atoms with Crippen molar-refractivity contribution in [3.8, 4) is 0 Å². The lowest BCUT2D eigenvalue weighted by atomic mass is 10.3. The topological polar surface area (TPSA) is 23.8 Å². The predicted molar refractivity (Wildman–Crippen MR) is 44.6 cm³/mol. The summed E-state index contributed by atoms with van der Waals surface area (Å²) in [6.45, 7) is 0. The Morgan fingerprint density at radius 2 is 1.89 bits per heavy atom. The Morgan fingerprint density at radius 1 is 1.22 bits per heavy atom. The molecule has 0 atom stereocenters. The fourth-order valence-electron chi connectivity index (χ4n) is 0.504. The van der Waals surface area contributed by atoms with Gasteiger partial charge in [0.1, 0.15) is 0 Å². The SMILES string of the molecule is [NH]c1cccc(Br)c1Br. The maximum atomic E-state index is 7.28. The lowest BCUT2D eigenvalue weighted by Crippen LogP contribution is -1.72. The van der Waals surface area contributed by atoms with Crippen LogP contribution < -0.4 is 5.73 Å². The first-order valence-corrected chi connectivity index (χ1v) is 3.96. The average Bonchev–Trinajstić information content (AvgIpc) is 1.83. The number of nitrogens with one attached hydrogen (secondary N) is 1. The molecule has 0 unspecified atom stereocenters. The molecule has 0 bridgehead atoms. The Balaban J connectivity index is 3.25. The maximum absolute atomic E-state index is 7.28. The van der Waals surface area contributed by atoms with Gasteiger partial charge in [-0.05, 0) is 44.0 Å². The van der Waals surface area contributed by atoms with Crippen LogP contribution in [0, 0.1) is 0 Å². The van der Waals surface area contributed by atoms with E-state index in [0.29, 0.717) is 5.69 Å². The number of halogens is 2. The third-order valence-corrected chi connectivity index (χ3v) is 3.00. The van der Waals surface area contributed by atoms with Gasteiger partial charge in [-0.25, -0.2) is 0 Å². The zero-order valence-corrected chi connectivity index (χ0v) is 7.66. The van der Waals surface area contributed by atoms with E-state index in [0.717, 1.165) is 8.95 Å². The summed E-state index contributed by atoms with van der Waals surface area (Å²) in [6, 6.07) is 5.45. The van der Waals surface area contributed by atoms with E-state index in [4.69, 9.17) is 5.73 Å². The van der Waals surface area contributed by atoms with Gasteiger partial charge in [-0.1, -0.05) is 6.07 Å². The minimum absolute atomic E-state index is 0.504. The van der Waals surface area contributed by atoms with Crippen molar-refractivity contribution in [1.29, 1.82) is 0 Å². The van der Waals surface area contributed by atoms with Gasteiger partial charge in [0.05, 0.1) is 10.2 Å². The van der Waals surface area contributed by atoms with Gasteiger partial charge >= 0.3 is 0 Å². The highest BCUT2D eigenvalue weighted by Crippen LogP contribution is 2.28. The molecule has 1 aromatic carbocycles. The molecule has 0 spiro atoms. The number of rotatable bonds is 0. The van der Waals surface area contributed by atoms with Crippen molar-refractivity contribution < 1.29 is 0 Å². The van der Waals surface area contributed by atoms with Crippen LogP contribution in [0.2, 0.25) is 0 Å². The Hall–Kier alpha value is -0.0200. The van der Waals surface area contributed by atoms with Crippen molar-refractivity contribution in [3.05, 3.63) is 27.1 Å². The molecule has 1 radical (unpaired) electrons. The summed E-state index contributed by atoms with van der Waals surface area (Å²) in [5.74, 6) is 0. The quantitative estimate of drug-likeness (QED) is 0.675. The summed E-state index contributed by atoms with van der Waals surface area (Å²) in [5.41, 5.74) is 7.79. The van der Waals surface area contributed by atoms with E-state index in [-0.39, 0.29) is 0 Å². The Labute approximate surface area is 70.5 Å². The molecule has 1 N–H and O–H groups in total. The molecule has 0 aliphatic heterocycles. The summed E-state index contributed by atoms with van der Waals surface area (Å²) >= 11 is 6.52. The van der Waals surface area contributed by atoms with Crippen molar-refractivity contribution in [2.45, 2.75) is 0 Å². The van der Waals surface area contributed by atoms with Crippen molar-refractivity contribution in [2.24, 2.45) is 0 Å². The molecule has 3 heteroatoms. The van der Waals surface area contributed by atoms with Crippen molar-refractivity contribution >= 4 is 37.5 Å². The van der Waals surface area contributed by atoms with Crippen LogP contribution in [0.4, 0.5) is 5.69 Å². The van der Waals surface area contributed by atoms with E-state index < -0.39 is 0 Å². The monoisotopic (exact) mass is 248 g/mol. The summed E-state index contributed by atoms with van der Waals surface area (Å²) in [7, 11) is 0. The zero-order valence-electron chi connectivity index (χ0n) is 4.49. The molecule has 0 fully saturated rings. The maximum Gasteiger partial charge on any atom is 0.0693 e. The van der Waals surface area contributed by atoms with Crippen LogP contribution in [0.25, 0.3) is 0 Å². The molecule has 0 aromatic heterocycles.